The van der Waals surface area contributed by atoms with Crippen LogP contribution in [0.4, 0.5) is 17.6 Å². The number of aliphatic carboxylic acids is 1. The molecule has 152 valence electrons. The Labute approximate surface area is 168 Å². The van der Waals surface area contributed by atoms with E-state index in [1.165, 1.54) is 47.2 Å². The standard InChI is InChI=1S/C22H14F4N2O2/c23-19-7-2-1-6-18(19)20-10-15(8-16(11-27)21(29)30)13-28(20)12-14-4-3-5-17(9-14)22(24,25)26/h1-10,13H,12H2,(H,29,30)/b16-8+. The van der Waals surface area contributed by atoms with Gasteiger partial charge in [0, 0.05) is 18.3 Å². The minimum absolute atomic E-state index is 0.0175. The van der Waals surface area contributed by atoms with E-state index in [9.17, 15) is 22.4 Å². The first-order chi connectivity index (χ1) is 14.2. The van der Waals surface area contributed by atoms with E-state index in [1.807, 2.05) is 0 Å². The van der Waals surface area contributed by atoms with E-state index in [2.05, 4.69) is 0 Å². The Kier molecular flexibility index (Phi) is 5.74. The number of halogens is 4. The SMILES string of the molecule is N#C/C(=C\c1cc(-c2ccccc2F)n(Cc2cccc(C(F)(F)F)c2)c1)C(=O)O. The molecule has 0 atom stereocenters. The van der Waals surface area contributed by atoms with Crippen LogP contribution in [0.25, 0.3) is 17.3 Å². The molecule has 1 heterocycles. The second-order valence-corrected chi connectivity index (χ2v) is 6.44. The average molecular weight is 414 g/mol. The first kappa shape index (κ1) is 20.9. The van der Waals surface area contributed by atoms with E-state index < -0.39 is 29.1 Å². The van der Waals surface area contributed by atoms with Gasteiger partial charge in [-0.3, -0.25) is 0 Å². The number of carboxylic acids is 1. The number of alkyl halides is 3. The lowest BCUT2D eigenvalue weighted by Gasteiger charge is -2.12. The maximum absolute atomic E-state index is 14.4. The third-order valence-corrected chi connectivity index (χ3v) is 4.34. The molecule has 0 unspecified atom stereocenters. The second kappa shape index (κ2) is 8.25. The zero-order valence-electron chi connectivity index (χ0n) is 15.3. The van der Waals surface area contributed by atoms with Crippen LogP contribution in [0.15, 0.2) is 66.4 Å². The molecule has 1 N–H and O–H groups in total. The fourth-order valence-corrected chi connectivity index (χ4v) is 2.99. The van der Waals surface area contributed by atoms with E-state index >= 15 is 0 Å². The summed E-state index contributed by atoms with van der Waals surface area (Å²) in [4.78, 5) is 11.1. The molecule has 3 rings (SSSR count). The number of rotatable bonds is 5. The minimum atomic E-state index is -4.50. The van der Waals surface area contributed by atoms with E-state index in [4.69, 9.17) is 10.4 Å². The van der Waals surface area contributed by atoms with E-state index in [-0.39, 0.29) is 12.1 Å². The van der Waals surface area contributed by atoms with Gasteiger partial charge >= 0.3 is 12.1 Å². The van der Waals surface area contributed by atoms with Crippen LogP contribution in [0.2, 0.25) is 0 Å². The summed E-state index contributed by atoms with van der Waals surface area (Å²) < 4.78 is 54.9. The number of aromatic nitrogens is 1. The van der Waals surface area contributed by atoms with Crippen molar-refractivity contribution in [3.63, 3.8) is 0 Å². The van der Waals surface area contributed by atoms with Gasteiger partial charge in [-0.05, 0) is 47.5 Å². The predicted octanol–water partition coefficient (Wildman–Crippen LogP) is 5.35. The van der Waals surface area contributed by atoms with Crippen molar-refractivity contribution in [3.05, 3.63) is 88.9 Å². The smallest absolute Gasteiger partial charge is 0.416 e. The van der Waals surface area contributed by atoms with Crippen LogP contribution in [-0.2, 0) is 17.5 Å². The zero-order chi connectivity index (χ0) is 21.9. The van der Waals surface area contributed by atoms with Gasteiger partial charge in [0.1, 0.15) is 17.5 Å². The first-order valence-electron chi connectivity index (χ1n) is 8.65. The van der Waals surface area contributed by atoms with Crippen molar-refractivity contribution in [3.8, 4) is 17.3 Å². The summed E-state index contributed by atoms with van der Waals surface area (Å²) in [7, 11) is 0. The number of benzene rings is 2. The highest BCUT2D eigenvalue weighted by Gasteiger charge is 2.30. The van der Waals surface area contributed by atoms with Crippen molar-refractivity contribution in [2.24, 2.45) is 0 Å². The fourth-order valence-electron chi connectivity index (χ4n) is 2.99. The van der Waals surface area contributed by atoms with Crippen molar-refractivity contribution in [1.29, 1.82) is 5.26 Å². The summed E-state index contributed by atoms with van der Waals surface area (Å²) >= 11 is 0. The topological polar surface area (TPSA) is 66.0 Å². The molecule has 0 bridgehead atoms. The van der Waals surface area contributed by atoms with Crippen LogP contribution >= 0.6 is 0 Å². The number of hydrogen-bond acceptors (Lipinski definition) is 2. The van der Waals surface area contributed by atoms with Gasteiger partial charge in [-0.1, -0.05) is 24.3 Å². The summed E-state index contributed by atoms with van der Waals surface area (Å²) in [5.74, 6) is -1.97. The van der Waals surface area contributed by atoms with Crippen LogP contribution in [0, 0.1) is 17.1 Å². The van der Waals surface area contributed by atoms with E-state index in [0.717, 1.165) is 18.2 Å². The maximum atomic E-state index is 14.4. The van der Waals surface area contributed by atoms with Gasteiger partial charge in [0.05, 0.1) is 11.3 Å². The van der Waals surface area contributed by atoms with Gasteiger partial charge in [-0.15, -0.1) is 0 Å². The number of nitrogens with zero attached hydrogens (tertiary/aromatic N) is 2. The molecule has 0 amide bonds. The van der Waals surface area contributed by atoms with Crippen LogP contribution < -0.4 is 0 Å². The lowest BCUT2D eigenvalue weighted by atomic mass is 10.1. The third kappa shape index (κ3) is 4.58. The fraction of sp³-hybridized carbons (Fsp3) is 0.0909. The molecule has 4 nitrogen and oxygen atoms in total. The van der Waals surface area contributed by atoms with Gasteiger partial charge in [-0.2, -0.15) is 18.4 Å². The summed E-state index contributed by atoms with van der Waals surface area (Å²) in [5, 5.41) is 18.0. The van der Waals surface area contributed by atoms with Crippen LogP contribution in [-0.4, -0.2) is 15.6 Å². The summed E-state index contributed by atoms with van der Waals surface area (Å²) in [6, 6.07) is 13.6. The lowest BCUT2D eigenvalue weighted by Crippen LogP contribution is -2.07. The molecule has 0 fully saturated rings. The zero-order valence-corrected chi connectivity index (χ0v) is 15.3. The molecule has 0 saturated heterocycles. The van der Waals surface area contributed by atoms with E-state index in [1.54, 1.807) is 12.1 Å². The molecule has 0 aliphatic rings. The van der Waals surface area contributed by atoms with Crippen LogP contribution in [0.1, 0.15) is 16.7 Å². The molecule has 1 aromatic heterocycles. The Morgan fingerprint density at radius 3 is 2.50 bits per heavy atom. The molecule has 30 heavy (non-hydrogen) atoms. The first-order valence-corrected chi connectivity index (χ1v) is 8.65. The highest BCUT2D eigenvalue weighted by Crippen LogP contribution is 2.31. The third-order valence-electron chi connectivity index (χ3n) is 4.34. The Balaban J connectivity index is 2.10. The van der Waals surface area contributed by atoms with Gasteiger partial charge in [0.25, 0.3) is 0 Å². The van der Waals surface area contributed by atoms with Crippen LogP contribution in [0.3, 0.4) is 0 Å². The second-order valence-electron chi connectivity index (χ2n) is 6.44. The number of carbonyl (C=O) groups is 1. The maximum Gasteiger partial charge on any atom is 0.416 e. The molecule has 0 radical (unpaired) electrons. The van der Waals surface area contributed by atoms with Gasteiger partial charge in [-0.25, -0.2) is 9.18 Å². The summed E-state index contributed by atoms with van der Waals surface area (Å²) in [6.45, 7) is -0.0175. The quantitative estimate of drug-likeness (QED) is 0.348. The lowest BCUT2D eigenvalue weighted by molar-refractivity contribution is -0.137. The Morgan fingerprint density at radius 1 is 1.13 bits per heavy atom. The van der Waals surface area contributed by atoms with Crippen molar-refractivity contribution >= 4 is 12.0 Å². The Bertz CT molecular complexity index is 1170. The minimum Gasteiger partial charge on any atom is -0.477 e. The van der Waals surface area contributed by atoms with Crippen molar-refractivity contribution in [2.45, 2.75) is 12.7 Å². The van der Waals surface area contributed by atoms with Gasteiger partial charge < -0.3 is 9.67 Å². The molecule has 2 aromatic carbocycles. The summed E-state index contributed by atoms with van der Waals surface area (Å²) in [6.07, 6.45) is -1.92. The normalized spacial score (nSPS) is 11.9. The molecule has 0 aliphatic heterocycles. The molecular formula is C22H14F4N2O2. The van der Waals surface area contributed by atoms with Crippen LogP contribution in [0.5, 0.6) is 0 Å². The predicted molar refractivity (Wildman–Crippen MR) is 102 cm³/mol. The number of hydrogen-bond donors (Lipinski definition) is 1. The van der Waals surface area contributed by atoms with Gasteiger partial charge in [0.15, 0.2) is 0 Å². The number of nitriles is 1. The molecule has 0 aliphatic carbocycles. The highest BCUT2D eigenvalue weighted by atomic mass is 19.4. The van der Waals surface area contributed by atoms with Crippen molar-refractivity contribution in [2.75, 3.05) is 0 Å². The molecule has 0 saturated carbocycles. The van der Waals surface area contributed by atoms with Crippen molar-refractivity contribution < 1.29 is 27.5 Å². The van der Waals surface area contributed by atoms with Gasteiger partial charge in [0.2, 0.25) is 0 Å². The average Bonchev–Trinajstić information content (AvgIpc) is 3.08. The molecular weight excluding hydrogens is 400 g/mol. The Morgan fingerprint density at radius 2 is 1.87 bits per heavy atom. The van der Waals surface area contributed by atoms with Crippen molar-refractivity contribution in [1.82, 2.24) is 4.57 Å². The highest BCUT2D eigenvalue weighted by molar-refractivity contribution is 5.96. The monoisotopic (exact) mass is 414 g/mol. The molecule has 8 heteroatoms. The molecule has 0 spiro atoms. The largest absolute Gasteiger partial charge is 0.477 e. The number of carboxylic acid groups (broad SMARTS) is 1. The Hall–Kier alpha value is -3.86. The molecule has 3 aromatic rings. The van der Waals surface area contributed by atoms with E-state index in [0.29, 0.717) is 16.8 Å². The summed E-state index contributed by atoms with van der Waals surface area (Å²) in [5.41, 5.74) is -0.174.